The molecule has 1 aliphatic rings. The van der Waals surface area contributed by atoms with Crippen LogP contribution in [0.1, 0.15) is 36.9 Å². The molecule has 0 aliphatic carbocycles. The molecule has 1 saturated heterocycles. The van der Waals surface area contributed by atoms with E-state index in [-0.39, 0.29) is 41.2 Å². The Bertz CT molecular complexity index is 1340. The van der Waals surface area contributed by atoms with Crippen molar-refractivity contribution in [2.75, 3.05) is 44.5 Å². The molecule has 1 aromatic heterocycles. The number of nitrogens with zero attached hydrogens (tertiary/aromatic N) is 5. The van der Waals surface area contributed by atoms with Gasteiger partial charge in [-0.15, -0.1) is 0 Å². The largest absolute Gasteiger partial charge is 0.493 e. The Morgan fingerprint density at radius 3 is 2.59 bits per heavy atom. The van der Waals surface area contributed by atoms with Gasteiger partial charge in [0, 0.05) is 43.5 Å². The number of halogens is 1. The number of ether oxygens (including phenoxy) is 2. The quantitative estimate of drug-likeness (QED) is 0.493. The van der Waals surface area contributed by atoms with Gasteiger partial charge in [0.1, 0.15) is 11.3 Å². The Kier molecular flexibility index (Phi) is 7.59. The maximum atomic E-state index is 15.2. The molecule has 2 unspecified atom stereocenters. The molecule has 2 aromatic carbocycles. The minimum Gasteiger partial charge on any atom is -0.493 e. The fourth-order valence-corrected chi connectivity index (χ4v) is 4.60. The molecular weight excluding hydrogens is 477 g/mol. The first-order valence-corrected chi connectivity index (χ1v) is 12.0. The number of nitrogens with two attached hydrogens (primary N) is 2. The summed E-state index contributed by atoms with van der Waals surface area (Å²) in [6.45, 7) is 3.35. The van der Waals surface area contributed by atoms with Crippen LogP contribution >= 0.6 is 0 Å². The summed E-state index contributed by atoms with van der Waals surface area (Å²) in [7, 11) is 2.77. The molecule has 194 valence electrons. The zero-order valence-corrected chi connectivity index (χ0v) is 21.1. The highest BCUT2D eigenvalue weighted by Crippen LogP contribution is 2.38. The van der Waals surface area contributed by atoms with Crippen molar-refractivity contribution in [1.29, 1.82) is 5.26 Å². The minimum atomic E-state index is -0.675. The van der Waals surface area contributed by atoms with Crippen molar-refractivity contribution in [2.45, 2.75) is 31.8 Å². The molecule has 1 aliphatic heterocycles. The highest BCUT2D eigenvalue weighted by Gasteiger charge is 2.32. The molecular formula is C26H30FN7O3. The van der Waals surface area contributed by atoms with Crippen LogP contribution < -0.4 is 25.8 Å². The predicted octanol–water partition coefficient (Wildman–Crippen LogP) is 2.76. The summed E-state index contributed by atoms with van der Waals surface area (Å²) < 4.78 is 25.6. The summed E-state index contributed by atoms with van der Waals surface area (Å²) in [6.07, 6.45) is 0.857. The Hall–Kier alpha value is -4.17. The van der Waals surface area contributed by atoms with Crippen LogP contribution in [0.4, 0.5) is 16.2 Å². The van der Waals surface area contributed by atoms with Crippen molar-refractivity contribution in [3.05, 3.63) is 47.3 Å². The third-order valence-corrected chi connectivity index (χ3v) is 6.72. The van der Waals surface area contributed by atoms with Crippen molar-refractivity contribution in [3.8, 4) is 17.6 Å². The van der Waals surface area contributed by atoms with Crippen LogP contribution in [0.3, 0.4) is 0 Å². The van der Waals surface area contributed by atoms with E-state index >= 15 is 4.39 Å². The second-order valence-corrected chi connectivity index (χ2v) is 8.87. The Morgan fingerprint density at radius 1 is 1.24 bits per heavy atom. The Morgan fingerprint density at radius 2 is 1.97 bits per heavy atom. The molecule has 1 fully saturated rings. The predicted molar refractivity (Wildman–Crippen MR) is 138 cm³/mol. The second-order valence-electron chi connectivity index (χ2n) is 8.87. The van der Waals surface area contributed by atoms with Crippen molar-refractivity contribution in [3.63, 3.8) is 0 Å². The smallest absolute Gasteiger partial charge is 0.228 e. The number of methoxy groups -OCH3 is 2. The fraction of sp³-hybridized carbons (Fsp3) is 0.385. The number of carbonyl (C=O) groups excluding carboxylic acids is 1. The number of hydrogen-bond donors (Lipinski definition) is 2. The van der Waals surface area contributed by atoms with Crippen molar-refractivity contribution >= 4 is 28.6 Å². The van der Waals surface area contributed by atoms with Gasteiger partial charge in [-0.2, -0.15) is 10.2 Å². The number of rotatable bonds is 7. The SMILES string of the molecule is CCC1CN(C(=O)CC(N)c2ccc(C#N)cc2)CCN1c1nc(N)c2cc(OC)c(OC)c(F)c2n1. The van der Waals surface area contributed by atoms with Crippen LogP contribution in [0.5, 0.6) is 11.5 Å². The van der Waals surface area contributed by atoms with E-state index in [1.807, 2.05) is 11.8 Å². The van der Waals surface area contributed by atoms with Crippen LogP contribution in [0.2, 0.25) is 0 Å². The molecule has 0 bridgehead atoms. The van der Waals surface area contributed by atoms with Gasteiger partial charge in [0.25, 0.3) is 0 Å². The van der Waals surface area contributed by atoms with Gasteiger partial charge in [-0.3, -0.25) is 4.79 Å². The first kappa shape index (κ1) is 25.9. The molecule has 4 N–H and O–H groups in total. The average Bonchev–Trinajstić information content (AvgIpc) is 2.92. The van der Waals surface area contributed by atoms with Gasteiger partial charge in [-0.05, 0) is 30.2 Å². The van der Waals surface area contributed by atoms with E-state index in [2.05, 4.69) is 16.0 Å². The van der Waals surface area contributed by atoms with Crippen molar-refractivity contribution in [1.82, 2.24) is 14.9 Å². The third-order valence-electron chi connectivity index (χ3n) is 6.72. The monoisotopic (exact) mass is 507 g/mol. The maximum Gasteiger partial charge on any atom is 0.228 e. The number of nitrogen functional groups attached to an aromatic ring is 1. The van der Waals surface area contributed by atoms with E-state index in [1.54, 1.807) is 35.2 Å². The van der Waals surface area contributed by atoms with Gasteiger partial charge in [0.2, 0.25) is 11.9 Å². The molecule has 0 radical (unpaired) electrons. The molecule has 0 saturated carbocycles. The highest BCUT2D eigenvalue weighted by atomic mass is 19.1. The number of piperazine rings is 1. The lowest BCUT2D eigenvalue weighted by atomic mass is 10.0. The zero-order chi connectivity index (χ0) is 26.7. The van der Waals surface area contributed by atoms with E-state index in [0.29, 0.717) is 43.0 Å². The first-order valence-electron chi connectivity index (χ1n) is 12.0. The van der Waals surface area contributed by atoms with Gasteiger partial charge < -0.3 is 30.7 Å². The maximum absolute atomic E-state index is 15.2. The van der Waals surface area contributed by atoms with Gasteiger partial charge in [0.05, 0.1) is 25.9 Å². The van der Waals surface area contributed by atoms with Crippen LogP contribution in [0.25, 0.3) is 10.9 Å². The minimum absolute atomic E-state index is 0.0434. The summed E-state index contributed by atoms with van der Waals surface area (Å²) in [6, 6.07) is 9.98. The second kappa shape index (κ2) is 10.8. The summed E-state index contributed by atoms with van der Waals surface area (Å²) in [5.74, 6) is -0.165. The summed E-state index contributed by atoms with van der Waals surface area (Å²) in [4.78, 5) is 25.7. The number of amides is 1. The number of carbonyl (C=O) groups is 1. The number of hydrogen-bond acceptors (Lipinski definition) is 9. The van der Waals surface area contributed by atoms with Gasteiger partial charge >= 0.3 is 0 Å². The molecule has 2 atom stereocenters. The molecule has 10 nitrogen and oxygen atoms in total. The van der Waals surface area contributed by atoms with E-state index in [9.17, 15) is 4.79 Å². The normalized spacial score (nSPS) is 16.4. The Balaban J connectivity index is 1.53. The number of aromatic nitrogens is 2. The molecule has 3 aromatic rings. The van der Waals surface area contributed by atoms with Crippen LogP contribution in [0.15, 0.2) is 30.3 Å². The average molecular weight is 508 g/mol. The van der Waals surface area contributed by atoms with Crippen LogP contribution in [-0.4, -0.2) is 60.7 Å². The molecule has 4 rings (SSSR count). The number of fused-ring (bicyclic) bond motifs is 1. The molecule has 2 heterocycles. The molecule has 37 heavy (non-hydrogen) atoms. The standard InChI is InChI=1S/C26H30FN7O3/c1-4-17-14-33(21(35)12-19(29)16-7-5-15(13-28)6-8-16)9-10-34(17)26-31-23-18(25(30)32-26)11-20(36-2)24(37-3)22(23)27/h5-8,11,17,19H,4,9-10,12,14,29H2,1-3H3,(H2,30,31,32). The van der Waals surface area contributed by atoms with Crippen LogP contribution in [0, 0.1) is 17.1 Å². The molecule has 0 spiro atoms. The Labute approximate surface area is 214 Å². The lowest BCUT2D eigenvalue weighted by Crippen LogP contribution is -2.55. The van der Waals surface area contributed by atoms with Crippen LogP contribution in [-0.2, 0) is 4.79 Å². The van der Waals surface area contributed by atoms with Gasteiger partial charge in [-0.1, -0.05) is 19.1 Å². The summed E-state index contributed by atoms with van der Waals surface area (Å²) >= 11 is 0. The first-order chi connectivity index (χ1) is 17.8. The molecule has 1 amide bonds. The number of benzene rings is 2. The fourth-order valence-electron chi connectivity index (χ4n) is 4.60. The number of anilines is 2. The zero-order valence-electron chi connectivity index (χ0n) is 21.1. The van der Waals surface area contributed by atoms with E-state index < -0.39 is 11.9 Å². The van der Waals surface area contributed by atoms with E-state index in [1.165, 1.54) is 14.2 Å². The van der Waals surface area contributed by atoms with Crippen molar-refractivity contribution < 1.29 is 18.7 Å². The lowest BCUT2D eigenvalue weighted by molar-refractivity contribution is -0.132. The summed E-state index contributed by atoms with van der Waals surface area (Å²) in [5, 5.41) is 9.30. The summed E-state index contributed by atoms with van der Waals surface area (Å²) in [5.41, 5.74) is 13.9. The highest BCUT2D eigenvalue weighted by molar-refractivity contribution is 5.92. The van der Waals surface area contributed by atoms with Gasteiger partial charge in [0.15, 0.2) is 17.3 Å². The third kappa shape index (κ3) is 5.06. The topological polar surface area (TPSA) is 144 Å². The number of nitriles is 1. The van der Waals surface area contributed by atoms with Gasteiger partial charge in [-0.25, -0.2) is 9.37 Å². The molecule has 11 heteroatoms. The van der Waals surface area contributed by atoms with E-state index in [0.717, 1.165) is 5.56 Å². The van der Waals surface area contributed by atoms with Crippen molar-refractivity contribution in [2.24, 2.45) is 5.73 Å². The van der Waals surface area contributed by atoms with E-state index in [4.69, 9.17) is 26.2 Å². The lowest BCUT2D eigenvalue weighted by Gasteiger charge is -2.41.